The molecule has 3 aliphatic rings. The fourth-order valence-electron chi connectivity index (χ4n) is 6.61. The SMILES string of the molecule is C[C@@H]1O[C@H](C[C@@H]2[C@H](O)[C@H](OCCc3ccc(O)c(O)c3)O[C@H](O[C@@H]3O[C@H](C)[C@H](O)[C@H](O)[C@@H]3O)[C@@H]2OC(=O)CCc2ccc(O)c(O)c2)[C@H](O)[C@@H](O)[C@@H]1O. The van der Waals surface area contributed by atoms with E-state index in [9.17, 15) is 61.0 Å². The van der Waals surface area contributed by atoms with Gasteiger partial charge in [0, 0.05) is 12.3 Å². The van der Waals surface area contributed by atoms with E-state index in [4.69, 9.17) is 28.4 Å². The van der Waals surface area contributed by atoms with Crippen LogP contribution in [0.1, 0.15) is 37.8 Å². The van der Waals surface area contributed by atoms with E-state index in [0.29, 0.717) is 11.1 Å². The molecule has 3 saturated heterocycles. The average molecular weight is 757 g/mol. The summed E-state index contributed by atoms with van der Waals surface area (Å²) >= 11 is 0. The van der Waals surface area contributed by atoms with Crippen molar-refractivity contribution in [3.05, 3.63) is 47.5 Å². The van der Waals surface area contributed by atoms with Crippen LogP contribution in [0.5, 0.6) is 23.0 Å². The number of hydrogen-bond donors (Lipinski definition) is 11. The number of phenols is 4. The molecule has 11 N–H and O–H groups in total. The van der Waals surface area contributed by atoms with Crippen molar-refractivity contribution in [2.45, 2.75) is 126 Å². The van der Waals surface area contributed by atoms with Crippen LogP contribution in [0.25, 0.3) is 0 Å². The third-order valence-electron chi connectivity index (χ3n) is 9.85. The van der Waals surface area contributed by atoms with E-state index >= 15 is 0 Å². The highest BCUT2D eigenvalue weighted by molar-refractivity contribution is 5.70. The number of aryl methyl sites for hydroxylation is 1. The maximum absolute atomic E-state index is 13.4. The molecule has 2 aromatic rings. The van der Waals surface area contributed by atoms with Crippen LogP contribution in [-0.2, 0) is 46.1 Å². The highest BCUT2D eigenvalue weighted by Crippen LogP contribution is 2.38. The van der Waals surface area contributed by atoms with Gasteiger partial charge in [-0.15, -0.1) is 0 Å². The largest absolute Gasteiger partial charge is 0.504 e. The second kappa shape index (κ2) is 17.4. The van der Waals surface area contributed by atoms with Gasteiger partial charge in [0.15, 0.2) is 41.7 Å². The molecule has 0 aromatic heterocycles. The average Bonchev–Trinajstić information content (AvgIpc) is 3.12. The topological polar surface area (TPSA) is 295 Å². The van der Waals surface area contributed by atoms with E-state index < -0.39 is 104 Å². The predicted molar refractivity (Wildman–Crippen MR) is 176 cm³/mol. The van der Waals surface area contributed by atoms with Crippen LogP contribution in [0, 0.1) is 5.92 Å². The Balaban J connectivity index is 1.43. The van der Waals surface area contributed by atoms with Crippen molar-refractivity contribution in [1.82, 2.24) is 0 Å². The van der Waals surface area contributed by atoms with Gasteiger partial charge in [0.2, 0.25) is 6.29 Å². The number of ether oxygens (including phenoxy) is 6. The Kier molecular flexibility index (Phi) is 13.4. The minimum atomic E-state index is -1.82. The highest BCUT2D eigenvalue weighted by atomic mass is 16.8. The summed E-state index contributed by atoms with van der Waals surface area (Å²) in [4.78, 5) is 13.4. The quantitative estimate of drug-likeness (QED) is 0.0856. The third-order valence-corrected chi connectivity index (χ3v) is 9.85. The molecule has 296 valence electrons. The molecular formula is C35H48O18. The Bertz CT molecular complexity index is 1530. The molecule has 0 unspecified atom stereocenters. The van der Waals surface area contributed by atoms with E-state index in [1.54, 1.807) is 0 Å². The summed E-state index contributed by atoms with van der Waals surface area (Å²) in [5.41, 5.74) is 1.02. The summed E-state index contributed by atoms with van der Waals surface area (Å²) in [6, 6.07) is 8.12. The smallest absolute Gasteiger partial charge is 0.306 e. The minimum absolute atomic E-state index is 0.0373. The van der Waals surface area contributed by atoms with Gasteiger partial charge in [-0.1, -0.05) is 12.1 Å². The number of aromatic hydroxyl groups is 4. The second-order valence-corrected chi connectivity index (χ2v) is 13.7. The molecule has 53 heavy (non-hydrogen) atoms. The number of rotatable bonds is 12. The number of hydrogen-bond acceptors (Lipinski definition) is 18. The summed E-state index contributed by atoms with van der Waals surface area (Å²) < 4.78 is 35.1. The zero-order valence-electron chi connectivity index (χ0n) is 28.9. The van der Waals surface area contributed by atoms with Gasteiger partial charge in [0.05, 0.1) is 24.9 Å². The Hall–Kier alpha value is -3.37. The van der Waals surface area contributed by atoms with Crippen molar-refractivity contribution in [2.75, 3.05) is 6.61 Å². The molecule has 0 amide bonds. The van der Waals surface area contributed by atoms with Gasteiger partial charge < -0.3 is 84.6 Å². The van der Waals surface area contributed by atoms with Crippen molar-refractivity contribution < 1.29 is 89.4 Å². The monoisotopic (exact) mass is 756 g/mol. The van der Waals surface area contributed by atoms with Gasteiger partial charge in [0.1, 0.15) is 42.7 Å². The summed E-state index contributed by atoms with van der Waals surface area (Å²) in [5, 5.41) is 114. The molecule has 0 saturated carbocycles. The lowest BCUT2D eigenvalue weighted by atomic mass is 9.83. The molecule has 0 radical (unpaired) electrons. The summed E-state index contributed by atoms with van der Waals surface area (Å²) in [5.74, 6) is -3.57. The first-order valence-corrected chi connectivity index (χ1v) is 17.3. The Morgan fingerprint density at radius 3 is 1.79 bits per heavy atom. The van der Waals surface area contributed by atoms with Crippen molar-refractivity contribution >= 4 is 5.97 Å². The first kappa shape index (κ1) is 40.8. The van der Waals surface area contributed by atoms with E-state index in [-0.39, 0.29) is 49.5 Å². The lowest BCUT2D eigenvalue weighted by Gasteiger charge is -2.48. The fourth-order valence-corrected chi connectivity index (χ4v) is 6.61. The summed E-state index contributed by atoms with van der Waals surface area (Å²) in [6.45, 7) is 2.75. The lowest BCUT2D eigenvalue weighted by Crippen LogP contribution is -2.63. The molecule has 3 heterocycles. The molecular weight excluding hydrogens is 708 g/mol. The number of benzene rings is 2. The number of carbonyl (C=O) groups is 1. The van der Waals surface area contributed by atoms with Crippen molar-refractivity contribution in [3.63, 3.8) is 0 Å². The number of phenolic OH excluding ortho intramolecular Hbond substituents is 4. The molecule has 18 nitrogen and oxygen atoms in total. The van der Waals surface area contributed by atoms with Crippen LogP contribution in [0.2, 0.25) is 0 Å². The predicted octanol–water partition coefficient (Wildman–Crippen LogP) is -1.62. The van der Waals surface area contributed by atoms with Crippen molar-refractivity contribution in [3.8, 4) is 23.0 Å². The zero-order chi connectivity index (χ0) is 38.7. The van der Waals surface area contributed by atoms with Crippen LogP contribution in [0.4, 0.5) is 0 Å². The Morgan fingerprint density at radius 2 is 1.19 bits per heavy atom. The van der Waals surface area contributed by atoms with E-state index in [1.165, 1.54) is 50.2 Å². The second-order valence-electron chi connectivity index (χ2n) is 13.7. The highest BCUT2D eigenvalue weighted by Gasteiger charge is 2.54. The van der Waals surface area contributed by atoms with Gasteiger partial charge in [-0.3, -0.25) is 4.79 Å². The molecule has 3 aliphatic heterocycles. The lowest BCUT2D eigenvalue weighted by molar-refractivity contribution is -0.394. The summed E-state index contributed by atoms with van der Waals surface area (Å²) in [6.07, 6.45) is -21.6. The van der Waals surface area contributed by atoms with Gasteiger partial charge in [0.25, 0.3) is 0 Å². The van der Waals surface area contributed by atoms with E-state index in [0.717, 1.165) is 0 Å². The zero-order valence-corrected chi connectivity index (χ0v) is 28.9. The number of carbonyl (C=O) groups excluding carboxylic acids is 1. The van der Waals surface area contributed by atoms with Crippen LogP contribution in [-0.4, -0.2) is 155 Å². The van der Waals surface area contributed by atoms with Crippen LogP contribution >= 0.6 is 0 Å². The standard InChI is InChI=1S/C35H48O18/c1-14-25(41)29(45)28(44)23(49-14)13-18-27(43)33(48-10-9-17-4-7-20(37)22(39)12-17)52-35(53-34-31(47)30(46)26(42)15(2)50-34)32(18)51-24(40)8-5-16-3-6-19(36)21(38)11-16/h3-4,6-7,11-12,14-15,18,23,25-39,41-47H,5,8-10,13H2,1-2H3/t14-,15+,18+,23+,25+,26-,27-,28-,29-,30-,31-,32+,33+,34-,35+/m0/s1. The molecule has 3 fully saturated rings. The van der Waals surface area contributed by atoms with Crippen LogP contribution in [0.15, 0.2) is 36.4 Å². The van der Waals surface area contributed by atoms with Gasteiger partial charge in [-0.05, 0) is 68.5 Å². The first-order chi connectivity index (χ1) is 25.0. The van der Waals surface area contributed by atoms with E-state index in [2.05, 4.69) is 0 Å². The fraction of sp³-hybridized carbons (Fsp3) is 0.629. The Labute approximate surface area is 303 Å². The number of aliphatic hydroxyl groups is 7. The van der Waals surface area contributed by atoms with Crippen LogP contribution in [0.3, 0.4) is 0 Å². The van der Waals surface area contributed by atoms with Gasteiger partial charge in [-0.2, -0.15) is 0 Å². The van der Waals surface area contributed by atoms with Crippen molar-refractivity contribution in [2.24, 2.45) is 5.92 Å². The van der Waals surface area contributed by atoms with Gasteiger partial charge in [-0.25, -0.2) is 0 Å². The minimum Gasteiger partial charge on any atom is -0.504 e. The number of aliphatic hydroxyl groups excluding tert-OH is 7. The molecule has 18 heteroatoms. The first-order valence-electron chi connectivity index (χ1n) is 17.3. The molecule has 0 spiro atoms. The maximum Gasteiger partial charge on any atom is 0.306 e. The Morgan fingerprint density at radius 1 is 0.623 bits per heavy atom. The molecule has 0 aliphatic carbocycles. The normalized spacial score (nSPS) is 37.6. The van der Waals surface area contributed by atoms with E-state index in [1.807, 2.05) is 0 Å². The molecule has 2 aromatic carbocycles. The molecule has 0 bridgehead atoms. The molecule has 5 rings (SSSR count). The summed E-state index contributed by atoms with van der Waals surface area (Å²) in [7, 11) is 0. The van der Waals surface area contributed by atoms with Crippen molar-refractivity contribution in [1.29, 1.82) is 0 Å². The third kappa shape index (κ3) is 9.48. The molecule has 15 atom stereocenters. The number of esters is 1. The van der Waals surface area contributed by atoms with Crippen LogP contribution < -0.4 is 0 Å². The maximum atomic E-state index is 13.4. The van der Waals surface area contributed by atoms with Gasteiger partial charge >= 0.3 is 5.97 Å².